The van der Waals surface area contributed by atoms with E-state index < -0.39 is 0 Å². The van der Waals surface area contributed by atoms with E-state index in [-0.39, 0.29) is 5.41 Å². The highest BCUT2D eigenvalue weighted by molar-refractivity contribution is 4.95. The van der Waals surface area contributed by atoms with Crippen LogP contribution in [0.4, 0.5) is 0 Å². The van der Waals surface area contributed by atoms with Gasteiger partial charge in [0.25, 0.3) is 0 Å². The molecule has 1 saturated carbocycles. The summed E-state index contributed by atoms with van der Waals surface area (Å²) in [5, 5.41) is 12.8. The van der Waals surface area contributed by atoms with Crippen LogP contribution in [-0.4, -0.2) is 24.3 Å². The summed E-state index contributed by atoms with van der Waals surface area (Å²) in [6, 6.07) is 0.608. The van der Waals surface area contributed by atoms with E-state index in [1.165, 1.54) is 32.1 Å². The maximum Gasteiger partial charge on any atom is 0.0499 e. The van der Waals surface area contributed by atoms with Gasteiger partial charge in [-0.2, -0.15) is 0 Å². The van der Waals surface area contributed by atoms with Crippen LogP contribution in [0.15, 0.2) is 12.7 Å². The number of hydrogen-bond donors (Lipinski definition) is 2. The minimum atomic E-state index is 0.236. The molecule has 0 amide bonds. The standard InChI is InChI=1S/C13H25NO/c1-3-5-7-12(6-4-2)14-10-13(11-15)8-9-13/h3,12,14-15H,1,4-11H2,2H3. The maximum absolute atomic E-state index is 9.22. The summed E-state index contributed by atoms with van der Waals surface area (Å²) in [6.07, 6.45) is 9.09. The normalized spacial score (nSPS) is 19.9. The first-order chi connectivity index (χ1) is 7.26. The number of nitrogens with one attached hydrogen (secondary N) is 1. The average molecular weight is 211 g/mol. The molecule has 1 aliphatic carbocycles. The van der Waals surface area contributed by atoms with Crippen molar-refractivity contribution in [1.82, 2.24) is 5.32 Å². The Morgan fingerprint density at radius 3 is 2.67 bits per heavy atom. The number of rotatable bonds is 9. The second-order valence-electron chi connectivity index (χ2n) is 4.89. The average Bonchev–Trinajstić information content (AvgIpc) is 3.03. The van der Waals surface area contributed by atoms with Crippen molar-refractivity contribution < 1.29 is 5.11 Å². The number of allylic oxidation sites excluding steroid dienone is 1. The predicted octanol–water partition coefficient (Wildman–Crippen LogP) is 2.48. The predicted molar refractivity (Wildman–Crippen MR) is 64.9 cm³/mol. The van der Waals surface area contributed by atoms with Gasteiger partial charge >= 0.3 is 0 Å². The van der Waals surface area contributed by atoms with Gasteiger partial charge < -0.3 is 10.4 Å². The van der Waals surface area contributed by atoms with Gasteiger partial charge in [-0.05, 0) is 32.1 Å². The molecule has 0 radical (unpaired) electrons. The second-order valence-corrected chi connectivity index (χ2v) is 4.89. The third kappa shape index (κ3) is 4.35. The number of aliphatic hydroxyl groups is 1. The minimum Gasteiger partial charge on any atom is -0.396 e. The summed E-state index contributed by atoms with van der Waals surface area (Å²) < 4.78 is 0. The molecule has 1 unspecified atom stereocenters. The molecule has 2 heteroatoms. The van der Waals surface area contributed by atoms with Crippen molar-refractivity contribution in [3.8, 4) is 0 Å². The smallest absolute Gasteiger partial charge is 0.0499 e. The summed E-state index contributed by atoms with van der Waals surface area (Å²) in [7, 11) is 0. The highest BCUT2D eigenvalue weighted by Gasteiger charge is 2.41. The Labute approximate surface area is 93.8 Å². The Bertz CT molecular complexity index is 187. The van der Waals surface area contributed by atoms with E-state index in [1.807, 2.05) is 6.08 Å². The largest absolute Gasteiger partial charge is 0.396 e. The Hall–Kier alpha value is -0.340. The lowest BCUT2D eigenvalue weighted by Gasteiger charge is -2.21. The molecule has 1 aliphatic rings. The fraction of sp³-hybridized carbons (Fsp3) is 0.846. The Balaban J connectivity index is 2.21. The van der Waals surface area contributed by atoms with Gasteiger partial charge in [0.1, 0.15) is 0 Å². The lowest BCUT2D eigenvalue weighted by Crippen LogP contribution is -2.35. The summed E-state index contributed by atoms with van der Waals surface area (Å²) >= 11 is 0. The molecule has 88 valence electrons. The zero-order chi connectivity index (χ0) is 11.1. The summed E-state index contributed by atoms with van der Waals surface area (Å²) in [6.45, 7) is 7.33. The van der Waals surface area contributed by atoms with Crippen molar-refractivity contribution in [2.24, 2.45) is 5.41 Å². The monoisotopic (exact) mass is 211 g/mol. The van der Waals surface area contributed by atoms with Crippen molar-refractivity contribution in [1.29, 1.82) is 0 Å². The van der Waals surface area contributed by atoms with E-state index in [4.69, 9.17) is 0 Å². The fourth-order valence-electron chi connectivity index (χ4n) is 1.94. The molecule has 0 bridgehead atoms. The Morgan fingerprint density at radius 2 is 2.20 bits per heavy atom. The first-order valence-corrected chi connectivity index (χ1v) is 6.21. The van der Waals surface area contributed by atoms with Crippen molar-refractivity contribution in [2.75, 3.05) is 13.2 Å². The quantitative estimate of drug-likeness (QED) is 0.574. The van der Waals surface area contributed by atoms with Gasteiger partial charge in [0.05, 0.1) is 0 Å². The molecule has 0 saturated heterocycles. The Kier molecular flexibility index (Phi) is 5.34. The van der Waals surface area contributed by atoms with Crippen LogP contribution in [-0.2, 0) is 0 Å². The van der Waals surface area contributed by atoms with Crippen LogP contribution in [0.1, 0.15) is 45.4 Å². The molecule has 2 N–H and O–H groups in total. The SMILES string of the molecule is C=CCCC(CCC)NCC1(CO)CC1. The van der Waals surface area contributed by atoms with Crippen LogP contribution in [0.3, 0.4) is 0 Å². The molecular weight excluding hydrogens is 186 g/mol. The molecule has 1 rings (SSSR count). The highest BCUT2D eigenvalue weighted by atomic mass is 16.3. The topological polar surface area (TPSA) is 32.3 Å². The minimum absolute atomic E-state index is 0.236. The van der Waals surface area contributed by atoms with Crippen LogP contribution in [0.5, 0.6) is 0 Å². The summed E-state index contributed by atoms with van der Waals surface area (Å²) in [5.41, 5.74) is 0.236. The van der Waals surface area contributed by atoms with Crippen molar-refractivity contribution in [3.63, 3.8) is 0 Å². The van der Waals surface area contributed by atoms with E-state index in [1.54, 1.807) is 0 Å². The molecule has 0 aromatic carbocycles. The van der Waals surface area contributed by atoms with Crippen molar-refractivity contribution >= 4 is 0 Å². The van der Waals surface area contributed by atoms with Crippen molar-refractivity contribution in [2.45, 2.75) is 51.5 Å². The summed E-state index contributed by atoms with van der Waals surface area (Å²) in [4.78, 5) is 0. The van der Waals surface area contributed by atoms with Crippen LogP contribution in [0.2, 0.25) is 0 Å². The highest BCUT2D eigenvalue weighted by Crippen LogP contribution is 2.44. The molecule has 0 aliphatic heterocycles. The molecular formula is C13H25NO. The molecule has 0 aromatic heterocycles. The molecule has 1 atom stereocenters. The first-order valence-electron chi connectivity index (χ1n) is 6.21. The van der Waals surface area contributed by atoms with Crippen LogP contribution in [0.25, 0.3) is 0 Å². The van der Waals surface area contributed by atoms with E-state index >= 15 is 0 Å². The van der Waals surface area contributed by atoms with E-state index in [2.05, 4.69) is 18.8 Å². The van der Waals surface area contributed by atoms with Gasteiger partial charge in [0.15, 0.2) is 0 Å². The van der Waals surface area contributed by atoms with Crippen LogP contribution in [0, 0.1) is 5.41 Å². The lowest BCUT2D eigenvalue weighted by atomic mass is 10.0. The molecule has 1 fully saturated rings. The summed E-state index contributed by atoms with van der Waals surface area (Å²) in [5.74, 6) is 0. The first kappa shape index (κ1) is 12.7. The van der Waals surface area contributed by atoms with Crippen molar-refractivity contribution in [3.05, 3.63) is 12.7 Å². The van der Waals surface area contributed by atoms with Gasteiger partial charge in [0, 0.05) is 24.6 Å². The second kappa shape index (κ2) is 6.29. The zero-order valence-corrected chi connectivity index (χ0v) is 9.97. The molecule has 0 spiro atoms. The van der Waals surface area contributed by atoms with E-state index in [0.717, 1.165) is 13.0 Å². The van der Waals surface area contributed by atoms with E-state index in [0.29, 0.717) is 12.6 Å². The van der Waals surface area contributed by atoms with Gasteiger partial charge in [-0.1, -0.05) is 19.4 Å². The number of aliphatic hydroxyl groups excluding tert-OH is 1. The zero-order valence-electron chi connectivity index (χ0n) is 9.97. The molecule has 2 nitrogen and oxygen atoms in total. The maximum atomic E-state index is 9.22. The Morgan fingerprint density at radius 1 is 1.47 bits per heavy atom. The molecule has 0 heterocycles. The number of hydrogen-bond acceptors (Lipinski definition) is 2. The molecule has 15 heavy (non-hydrogen) atoms. The van der Waals surface area contributed by atoms with Gasteiger partial charge in [-0.15, -0.1) is 6.58 Å². The third-order valence-corrected chi connectivity index (χ3v) is 3.41. The van der Waals surface area contributed by atoms with Gasteiger partial charge in [0.2, 0.25) is 0 Å². The molecule has 0 aromatic rings. The van der Waals surface area contributed by atoms with E-state index in [9.17, 15) is 5.11 Å². The van der Waals surface area contributed by atoms with Crippen LogP contribution >= 0.6 is 0 Å². The van der Waals surface area contributed by atoms with Gasteiger partial charge in [-0.3, -0.25) is 0 Å². The lowest BCUT2D eigenvalue weighted by molar-refractivity contribution is 0.202. The van der Waals surface area contributed by atoms with Crippen LogP contribution < -0.4 is 5.32 Å². The third-order valence-electron chi connectivity index (χ3n) is 3.41. The fourth-order valence-corrected chi connectivity index (χ4v) is 1.94. The van der Waals surface area contributed by atoms with Gasteiger partial charge in [-0.25, -0.2) is 0 Å².